The molecule has 2 amide bonds. The lowest BCUT2D eigenvalue weighted by molar-refractivity contribution is 0.0798. The van der Waals surface area contributed by atoms with Crippen LogP contribution >= 0.6 is 22.7 Å². The van der Waals surface area contributed by atoms with E-state index in [1.54, 1.807) is 18.0 Å². The molecule has 0 fully saturated rings. The fraction of sp³-hybridized carbons (Fsp3) is 0.286. The summed E-state index contributed by atoms with van der Waals surface area (Å²) in [4.78, 5) is 26.8. The van der Waals surface area contributed by atoms with Gasteiger partial charge in [-0.2, -0.15) is 0 Å². The summed E-state index contributed by atoms with van der Waals surface area (Å²) in [6, 6.07) is 7.34. The van der Waals surface area contributed by atoms with Crippen molar-refractivity contribution < 1.29 is 9.59 Å². The van der Waals surface area contributed by atoms with Gasteiger partial charge in [-0.25, -0.2) is 0 Å². The highest BCUT2D eigenvalue weighted by Gasteiger charge is 2.12. The van der Waals surface area contributed by atoms with E-state index >= 15 is 0 Å². The van der Waals surface area contributed by atoms with Crippen molar-refractivity contribution in [3.8, 4) is 0 Å². The quantitative estimate of drug-likeness (QED) is 0.834. The summed E-state index contributed by atoms with van der Waals surface area (Å²) in [6.07, 6.45) is 0.741. The fourth-order valence-corrected chi connectivity index (χ4v) is 3.06. The third-order valence-corrected chi connectivity index (χ3v) is 4.51. The lowest BCUT2D eigenvalue weighted by atomic mass is 10.3. The van der Waals surface area contributed by atoms with E-state index in [1.165, 1.54) is 22.7 Å². The second kappa shape index (κ2) is 7.21. The van der Waals surface area contributed by atoms with E-state index in [0.29, 0.717) is 18.0 Å². The van der Waals surface area contributed by atoms with Gasteiger partial charge < -0.3 is 10.2 Å². The van der Waals surface area contributed by atoms with Gasteiger partial charge >= 0.3 is 0 Å². The molecule has 106 valence electrons. The first-order valence-electron chi connectivity index (χ1n) is 6.29. The van der Waals surface area contributed by atoms with Gasteiger partial charge in [0.1, 0.15) is 0 Å². The number of carbonyl (C=O) groups is 2. The lowest BCUT2D eigenvalue weighted by Crippen LogP contribution is -2.31. The van der Waals surface area contributed by atoms with Crippen LogP contribution in [0.3, 0.4) is 0 Å². The minimum absolute atomic E-state index is 0.0320. The molecule has 0 spiro atoms. The Morgan fingerprint density at radius 1 is 1.15 bits per heavy atom. The van der Waals surface area contributed by atoms with Crippen molar-refractivity contribution in [3.63, 3.8) is 0 Å². The van der Waals surface area contributed by atoms with Crippen LogP contribution in [-0.4, -0.2) is 36.9 Å². The Labute approximate surface area is 126 Å². The summed E-state index contributed by atoms with van der Waals surface area (Å²) in [5.41, 5.74) is 0. The first-order valence-corrected chi connectivity index (χ1v) is 8.05. The molecule has 6 heteroatoms. The van der Waals surface area contributed by atoms with Gasteiger partial charge in [-0.05, 0) is 29.3 Å². The average molecular weight is 308 g/mol. The number of carbonyl (C=O) groups excluding carboxylic acids is 2. The molecule has 0 aliphatic carbocycles. The maximum Gasteiger partial charge on any atom is 0.263 e. The highest BCUT2D eigenvalue weighted by Crippen LogP contribution is 2.11. The molecular formula is C14H16N2O2S2. The molecule has 0 unspecified atom stereocenters. The van der Waals surface area contributed by atoms with E-state index in [4.69, 9.17) is 0 Å². The van der Waals surface area contributed by atoms with Gasteiger partial charge in [-0.3, -0.25) is 9.59 Å². The normalized spacial score (nSPS) is 10.2. The van der Waals surface area contributed by atoms with Crippen molar-refractivity contribution in [1.29, 1.82) is 0 Å². The maximum atomic E-state index is 12.0. The summed E-state index contributed by atoms with van der Waals surface area (Å²) < 4.78 is 0. The van der Waals surface area contributed by atoms with Crippen LogP contribution in [0, 0.1) is 0 Å². The van der Waals surface area contributed by atoms with E-state index in [9.17, 15) is 9.59 Å². The number of thiophene rings is 2. The molecule has 2 rings (SSSR count). The molecule has 0 radical (unpaired) electrons. The molecule has 0 bridgehead atoms. The number of nitrogens with one attached hydrogen (secondary N) is 1. The number of nitrogens with zero attached hydrogens (tertiary/aromatic N) is 1. The van der Waals surface area contributed by atoms with Gasteiger partial charge in [0.2, 0.25) is 0 Å². The second-order valence-electron chi connectivity index (χ2n) is 4.29. The standard InChI is InChI=1S/C14H16N2O2S2/c1-16(14(18)12-6-3-10-20-12)8-4-7-15-13(17)11-5-2-9-19-11/h2-3,5-6,9-10H,4,7-8H2,1H3,(H,15,17). The van der Waals surface area contributed by atoms with Crippen LogP contribution in [-0.2, 0) is 0 Å². The molecule has 0 aliphatic heterocycles. The van der Waals surface area contributed by atoms with Gasteiger partial charge in [0, 0.05) is 20.1 Å². The fourth-order valence-electron chi connectivity index (χ4n) is 1.70. The summed E-state index contributed by atoms with van der Waals surface area (Å²) >= 11 is 2.87. The van der Waals surface area contributed by atoms with Crippen molar-refractivity contribution in [3.05, 3.63) is 44.8 Å². The van der Waals surface area contributed by atoms with Crippen LogP contribution in [0.5, 0.6) is 0 Å². The number of amides is 2. The van der Waals surface area contributed by atoms with Crippen molar-refractivity contribution in [1.82, 2.24) is 10.2 Å². The van der Waals surface area contributed by atoms with Crippen molar-refractivity contribution in [2.75, 3.05) is 20.1 Å². The molecule has 2 heterocycles. The molecule has 2 aromatic heterocycles. The highest BCUT2D eigenvalue weighted by molar-refractivity contribution is 7.12. The predicted molar refractivity (Wildman–Crippen MR) is 82.5 cm³/mol. The molecular weight excluding hydrogens is 292 g/mol. The Hall–Kier alpha value is -1.66. The van der Waals surface area contributed by atoms with Crippen LogP contribution in [0.4, 0.5) is 0 Å². The van der Waals surface area contributed by atoms with Gasteiger partial charge in [0.15, 0.2) is 0 Å². The topological polar surface area (TPSA) is 49.4 Å². The number of rotatable bonds is 6. The van der Waals surface area contributed by atoms with Crippen LogP contribution in [0.2, 0.25) is 0 Å². The highest BCUT2D eigenvalue weighted by atomic mass is 32.1. The van der Waals surface area contributed by atoms with Crippen LogP contribution in [0.15, 0.2) is 35.0 Å². The Morgan fingerprint density at radius 3 is 2.40 bits per heavy atom. The summed E-state index contributed by atoms with van der Waals surface area (Å²) in [7, 11) is 1.78. The summed E-state index contributed by atoms with van der Waals surface area (Å²) in [5.74, 6) is -0.0168. The minimum Gasteiger partial charge on any atom is -0.351 e. The molecule has 2 aromatic rings. The van der Waals surface area contributed by atoms with E-state index in [-0.39, 0.29) is 11.8 Å². The predicted octanol–water partition coefficient (Wildman–Crippen LogP) is 2.70. The van der Waals surface area contributed by atoms with Gasteiger partial charge in [-0.1, -0.05) is 12.1 Å². The Balaban J connectivity index is 1.68. The van der Waals surface area contributed by atoms with Gasteiger partial charge in [-0.15, -0.1) is 22.7 Å². The number of hydrogen-bond acceptors (Lipinski definition) is 4. The van der Waals surface area contributed by atoms with Crippen LogP contribution in [0.1, 0.15) is 25.8 Å². The molecule has 0 aliphatic rings. The average Bonchev–Trinajstić information content (AvgIpc) is 3.14. The molecule has 0 atom stereocenters. The Morgan fingerprint density at radius 2 is 1.80 bits per heavy atom. The largest absolute Gasteiger partial charge is 0.351 e. The SMILES string of the molecule is CN(CCCNC(=O)c1cccs1)C(=O)c1cccs1. The Bertz CT molecular complexity index is 550. The molecule has 0 saturated carbocycles. The monoisotopic (exact) mass is 308 g/mol. The minimum atomic E-state index is -0.0489. The van der Waals surface area contributed by atoms with E-state index in [2.05, 4.69) is 5.32 Å². The first-order chi connectivity index (χ1) is 9.68. The molecule has 4 nitrogen and oxygen atoms in total. The van der Waals surface area contributed by atoms with E-state index < -0.39 is 0 Å². The van der Waals surface area contributed by atoms with Crippen molar-refractivity contribution in [2.24, 2.45) is 0 Å². The van der Waals surface area contributed by atoms with Gasteiger partial charge in [0.25, 0.3) is 11.8 Å². The van der Waals surface area contributed by atoms with E-state index in [1.807, 2.05) is 29.0 Å². The zero-order chi connectivity index (χ0) is 14.4. The van der Waals surface area contributed by atoms with Crippen molar-refractivity contribution in [2.45, 2.75) is 6.42 Å². The molecule has 20 heavy (non-hydrogen) atoms. The molecule has 0 saturated heterocycles. The zero-order valence-corrected chi connectivity index (χ0v) is 12.8. The maximum absolute atomic E-state index is 12.0. The second-order valence-corrected chi connectivity index (χ2v) is 6.19. The Kier molecular flexibility index (Phi) is 5.31. The molecule has 1 N–H and O–H groups in total. The zero-order valence-electron chi connectivity index (χ0n) is 11.2. The summed E-state index contributed by atoms with van der Waals surface area (Å²) in [5, 5.41) is 6.62. The van der Waals surface area contributed by atoms with Gasteiger partial charge in [0.05, 0.1) is 9.75 Å². The van der Waals surface area contributed by atoms with E-state index in [0.717, 1.165) is 11.3 Å². The van der Waals surface area contributed by atoms with Crippen molar-refractivity contribution >= 4 is 34.5 Å². The lowest BCUT2D eigenvalue weighted by Gasteiger charge is -2.16. The van der Waals surface area contributed by atoms with Crippen LogP contribution < -0.4 is 5.32 Å². The third-order valence-electron chi connectivity index (χ3n) is 2.78. The number of hydrogen-bond donors (Lipinski definition) is 1. The smallest absolute Gasteiger partial charge is 0.263 e. The van der Waals surface area contributed by atoms with Crippen LogP contribution in [0.25, 0.3) is 0 Å². The summed E-state index contributed by atoms with van der Waals surface area (Å²) in [6.45, 7) is 1.19. The third kappa shape index (κ3) is 3.91. The molecule has 0 aromatic carbocycles. The first kappa shape index (κ1) is 14.7.